The first-order valence-corrected chi connectivity index (χ1v) is 6.09. The number of carbonyl (C=O) groups excluding carboxylic acids is 2. The highest BCUT2D eigenvalue weighted by atomic mass is 35.5. The lowest BCUT2D eigenvalue weighted by Crippen LogP contribution is -2.48. The Kier molecular flexibility index (Phi) is 3.63. The first-order chi connectivity index (χ1) is 9.47. The van der Waals surface area contributed by atoms with Gasteiger partial charge >= 0.3 is 0 Å². The number of rotatable bonds is 2. The highest BCUT2D eigenvalue weighted by Gasteiger charge is 2.42. The smallest absolute Gasteiger partial charge is 0.239 e. The molecule has 102 valence electrons. The van der Waals surface area contributed by atoms with Crippen molar-refractivity contribution in [2.24, 2.45) is 17.4 Å². The molecule has 0 unspecified atom stereocenters. The number of carbonyl (C=O) groups is 2. The van der Waals surface area contributed by atoms with E-state index in [2.05, 4.69) is 5.32 Å². The third-order valence-electron chi connectivity index (χ3n) is 3.14. The van der Waals surface area contributed by atoms with E-state index in [-0.39, 0.29) is 11.4 Å². The van der Waals surface area contributed by atoms with Gasteiger partial charge in [0, 0.05) is 10.9 Å². The third-order valence-corrected chi connectivity index (χ3v) is 3.49. The zero-order valence-corrected chi connectivity index (χ0v) is 11.0. The van der Waals surface area contributed by atoms with Crippen molar-refractivity contribution in [3.05, 3.63) is 46.2 Å². The normalized spacial score (nSPS) is 22.1. The number of benzene rings is 1. The molecule has 0 spiro atoms. The number of nitriles is 1. The van der Waals surface area contributed by atoms with E-state index in [9.17, 15) is 14.9 Å². The van der Waals surface area contributed by atoms with Crippen LogP contribution in [0.4, 0.5) is 0 Å². The Hall–Kier alpha value is -2.52. The van der Waals surface area contributed by atoms with Crippen molar-refractivity contribution >= 4 is 23.4 Å². The van der Waals surface area contributed by atoms with E-state index in [4.69, 9.17) is 23.1 Å². The Balaban J connectivity index is 2.68. The van der Waals surface area contributed by atoms with Gasteiger partial charge in [-0.15, -0.1) is 0 Å². The predicted molar refractivity (Wildman–Crippen MR) is 71.8 cm³/mol. The van der Waals surface area contributed by atoms with Gasteiger partial charge in [-0.25, -0.2) is 0 Å². The first-order valence-electron chi connectivity index (χ1n) is 5.71. The molecule has 7 heteroatoms. The third kappa shape index (κ3) is 2.19. The van der Waals surface area contributed by atoms with Crippen molar-refractivity contribution in [2.45, 2.75) is 5.92 Å². The van der Waals surface area contributed by atoms with E-state index < -0.39 is 23.7 Å². The summed E-state index contributed by atoms with van der Waals surface area (Å²) in [5, 5.41) is 11.9. The van der Waals surface area contributed by atoms with Crippen LogP contribution in [0, 0.1) is 17.2 Å². The van der Waals surface area contributed by atoms with Crippen LogP contribution in [0.25, 0.3) is 0 Å². The van der Waals surface area contributed by atoms with Gasteiger partial charge in [-0.1, -0.05) is 29.8 Å². The molecule has 1 aromatic rings. The van der Waals surface area contributed by atoms with Crippen LogP contribution in [0.3, 0.4) is 0 Å². The lowest BCUT2D eigenvalue weighted by Gasteiger charge is -2.30. The molecule has 0 aromatic heterocycles. The van der Waals surface area contributed by atoms with Crippen molar-refractivity contribution in [3.8, 4) is 6.07 Å². The van der Waals surface area contributed by atoms with E-state index in [1.807, 2.05) is 6.07 Å². The van der Waals surface area contributed by atoms with E-state index in [1.54, 1.807) is 24.3 Å². The highest BCUT2D eigenvalue weighted by Crippen LogP contribution is 2.38. The fourth-order valence-corrected chi connectivity index (χ4v) is 2.50. The van der Waals surface area contributed by atoms with E-state index >= 15 is 0 Å². The number of amides is 2. The van der Waals surface area contributed by atoms with Gasteiger partial charge in [0.1, 0.15) is 11.7 Å². The number of nitrogens with zero attached hydrogens (tertiary/aromatic N) is 1. The molecule has 20 heavy (non-hydrogen) atoms. The molecule has 1 aromatic carbocycles. The Labute approximate surface area is 120 Å². The van der Waals surface area contributed by atoms with Crippen molar-refractivity contribution in [2.75, 3.05) is 0 Å². The fraction of sp³-hybridized carbons (Fsp3) is 0.154. The summed E-state index contributed by atoms with van der Waals surface area (Å²) in [6.45, 7) is 0. The number of allylic oxidation sites excluding steroid dienone is 1. The number of primary amides is 1. The van der Waals surface area contributed by atoms with Crippen LogP contribution in [0.5, 0.6) is 0 Å². The van der Waals surface area contributed by atoms with Crippen LogP contribution in [0.1, 0.15) is 11.5 Å². The molecule has 0 bridgehead atoms. The Morgan fingerprint density at radius 3 is 2.60 bits per heavy atom. The van der Waals surface area contributed by atoms with Crippen molar-refractivity contribution < 1.29 is 9.59 Å². The minimum atomic E-state index is -1.23. The maximum absolute atomic E-state index is 11.9. The lowest BCUT2D eigenvalue weighted by atomic mass is 9.77. The second kappa shape index (κ2) is 5.23. The molecular weight excluding hydrogens is 280 g/mol. The predicted octanol–water partition coefficient (Wildman–Crippen LogP) is 0.349. The minimum absolute atomic E-state index is 0.0708. The fourth-order valence-electron chi connectivity index (χ4n) is 2.25. The molecule has 6 nitrogen and oxygen atoms in total. The molecule has 1 heterocycles. The summed E-state index contributed by atoms with van der Waals surface area (Å²) >= 11 is 6.09. The zero-order chi connectivity index (χ0) is 14.9. The Bertz CT molecular complexity index is 663. The maximum atomic E-state index is 11.9. The van der Waals surface area contributed by atoms with Crippen molar-refractivity contribution in [3.63, 3.8) is 0 Å². The molecule has 0 fully saturated rings. The average Bonchev–Trinajstić information content (AvgIpc) is 2.38. The van der Waals surface area contributed by atoms with Crippen LogP contribution in [0.15, 0.2) is 35.7 Å². The molecule has 0 saturated carbocycles. The largest absolute Gasteiger partial charge is 0.384 e. The number of halogens is 1. The van der Waals surface area contributed by atoms with Gasteiger partial charge in [-0.3, -0.25) is 9.59 Å². The summed E-state index contributed by atoms with van der Waals surface area (Å²) in [4.78, 5) is 23.5. The summed E-state index contributed by atoms with van der Waals surface area (Å²) in [7, 11) is 0. The first kappa shape index (κ1) is 13.9. The summed E-state index contributed by atoms with van der Waals surface area (Å²) in [6, 6.07) is 8.54. The summed E-state index contributed by atoms with van der Waals surface area (Å²) < 4.78 is 0. The Morgan fingerprint density at radius 1 is 1.40 bits per heavy atom. The van der Waals surface area contributed by atoms with Crippen LogP contribution in [-0.2, 0) is 9.59 Å². The summed E-state index contributed by atoms with van der Waals surface area (Å²) in [6.07, 6.45) is 0. The molecule has 0 saturated heterocycles. The maximum Gasteiger partial charge on any atom is 0.239 e. The van der Waals surface area contributed by atoms with Gasteiger partial charge < -0.3 is 16.8 Å². The zero-order valence-electron chi connectivity index (χ0n) is 10.3. The number of hydrogen-bond acceptors (Lipinski definition) is 4. The Morgan fingerprint density at radius 2 is 2.05 bits per heavy atom. The van der Waals surface area contributed by atoms with Gasteiger partial charge in [0.25, 0.3) is 0 Å². The molecule has 2 rings (SSSR count). The molecule has 2 amide bonds. The van der Waals surface area contributed by atoms with Gasteiger partial charge in [-0.2, -0.15) is 5.26 Å². The average molecular weight is 291 g/mol. The van der Waals surface area contributed by atoms with Gasteiger partial charge in [0.05, 0.1) is 11.6 Å². The number of nitrogens with two attached hydrogens (primary N) is 2. The number of hydrogen-bond donors (Lipinski definition) is 3. The van der Waals surface area contributed by atoms with Gasteiger partial charge in [-0.05, 0) is 11.6 Å². The van der Waals surface area contributed by atoms with Crippen LogP contribution in [0.2, 0.25) is 5.02 Å². The topological polar surface area (TPSA) is 122 Å². The molecular formula is C13H11ClN4O2. The highest BCUT2D eigenvalue weighted by molar-refractivity contribution is 6.31. The summed E-state index contributed by atoms with van der Waals surface area (Å²) in [5.41, 5.74) is 11.5. The molecule has 1 aliphatic heterocycles. The van der Waals surface area contributed by atoms with Crippen LogP contribution in [-0.4, -0.2) is 11.8 Å². The lowest BCUT2D eigenvalue weighted by molar-refractivity contribution is -0.134. The van der Waals surface area contributed by atoms with E-state index in [0.717, 1.165) is 0 Å². The molecule has 2 atom stereocenters. The van der Waals surface area contributed by atoms with Crippen LogP contribution >= 0.6 is 11.6 Å². The molecule has 1 aliphatic rings. The quantitative estimate of drug-likeness (QED) is 0.680. The SMILES string of the molecule is N#CC1=C(N)NC(=O)[C@@H](C(N)=O)[C@H]1c1ccccc1Cl. The van der Waals surface area contributed by atoms with Crippen molar-refractivity contribution in [1.82, 2.24) is 5.32 Å². The minimum Gasteiger partial charge on any atom is -0.384 e. The summed E-state index contributed by atoms with van der Waals surface area (Å²) in [5.74, 6) is -3.66. The molecule has 0 aliphatic carbocycles. The van der Waals surface area contributed by atoms with E-state index in [0.29, 0.717) is 10.6 Å². The standard InChI is InChI=1S/C13H11ClN4O2/c14-8-4-2-1-3-6(8)9-7(5-15)11(16)18-13(20)10(9)12(17)19/h1-4,9-10H,16H2,(H2,17,19)(H,18,20)/t9-,10+/m0/s1. The van der Waals surface area contributed by atoms with Gasteiger partial charge in [0.15, 0.2) is 0 Å². The second-order valence-electron chi connectivity index (χ2n) is 4.31. The van der Waals surface area contributed by atoms with E-state index in [1.165, 1.54) is 0 Å². The molecule has 5 N–H and O–H groups in total. The van der Waals surface area contributed by atoms with Gasteiger partial charge in [0.2, 0.25) is 11.8 Å². The monoisotopic (exact) mass is 290 g/mol. The van der Waals surface area contributed by atoms with Crippen LogP contribution < -0.4 is 16.8 Å². The molecule has 0 radical (unpaired) electrons. The number of nitrogens with one attached hydrogen (secondary N) is 1. The van der Waals surface area contributed by atoms with Crippen molar-refractivity contribution in [1.29, 1.82) is 5.26 Å². The second-order valence-corrected chi connectivity index (χ2v) is 4.71.